The van der Waals surface area contributed by atoms with Gasteiger partial charge in [-0.15, -0.1) is 0 Å². The summed E-state index contributed by atoms with van der Waals surface area (Å²) >= 11 is 4.87. The van der Waals surface area contributed by atoms with Gasteiger partial charge in [-0.3, -0.25) is 9.59 Å². The molecule has 108 valence electrons. The number of rotatable bonds is 6. The molecule has 2 amide bonds. The Kier molecular flexibility index (Phi) is 6.11. The normalized spacial score (nSPS) is 9.90. The van der Waals surface area contributed by atoms with Crippen LogP contribution in [0.3, 0.4) is 0 Å². The topological polar surface area (TPSA) is 75.4 Å². The lowest BCUT2D eigenvalue weighted by Gasteiger charge is -2.21. The van der Waals surface area contributed by atoms with E-state index in [0.717, 1.165) is 6.42 Å². The van der Waals surface area contributed by atoms with Gasteiger partial charge in [-0.05, 0) is 18.6 Å². The van der Waals surface area contributed by atoms with Gasteiger partial charge < -0.3 is 16.0 Å². The summed E-state index contributed by atoms with van der Waals surface area (Å²) in [4.78, 5) is 25.6. The van der Waals surface area contributed by atoms with E-state index in [4.69, 9.17) is 18.0 Å². The Labute approximate surface area is 124 Å². The van der Waals surface area contributed by atoms with Gasteiger partial charge >= 0.3 is 0 Å². The zero-order valence-corrected chi connectivity index (χ0v) is 12.5. The number of hydrogen-bond acceptors (Lipinski definition) is 3. The summed E-state index contributed by atoms with van der Waals surface area (Å²) in [6.45, 7) is 2.55. The first-order valence-electron chi connectivity index (χ1n) is 6.39. The van der Waals surface area contributed by atoms with Gasteiger partial charge in [-0.25, -0.2) is 0 Å². The molecule has 20 heavy (non-hydrogen) atoms. The minimum absolute atomic E-state index is 0.0558. The first kappa shape index (κ1) is 16.1. The van der Waals surface area contributed by atoms with E-state index in [9.17, 15) is 9.59 Å². The van der Waals surface area contributed by atoms with Gasteiger partial charge in [0.15, 0.2) is 0 Å². The fraction of sp³-hybridized carbons (Fsp3) is 0.357. The van der Waals surface area contributed by atoms with Gasteiger partial charge in [0.1, 0.15) is 4.99 Å². The first-order chi connectivity index (χ1) is 9.49. The predicted octanol–water partition coefficient (Wildman–Crippen LogP) is 0.919. The molecule has 0 aliphatic carbocycles. The van der Waals surface area contributed by atoms with E-state index in [1.165, 1.54) is 4.90 Å². The molecule has 1 rings (SSSR count). The Morgan fingerprint density at radius 1 is 1.25 bits per heavy atom. The van der Waals surface area contributed by atoms with Crippen molar-refractivity contribution in [2.45, 2.75) is 13.3 Å². The van der Waals surface area contributed by atoms with Crippen LogP contribution in [0.2, 0.25) is 0 Å². The average molecular weight is 293 g/mol. The van der Waals surface area contributed by atoms with Crippen LogP contribution in [0.1, 0.15) is 29.3 Å². The van der Waals surface area contributed by atoms with E-state index < -0.39 is 0 Å². The first-order valence-corrected chi connectivity index (χ1v) is 6.80. The number of nitrogens with one attached hydrogen (secondary N) is 1. The number of carbonyl (C=O) groups excluding carboxylic acids is 2. The Hall–Kier alpha value is -1.95. The van der Waals surface area contributed by atoms with E-state index in [2.05, 4.69) is 5.32 Å². The van der Waals surface area contributed by atoms with Crippen molar-refractivity contribution in [3.63, 3.8) is 0 Å². The SMILES string of the molecule is CCCN(CC(=O)NC)C(=O)c1ccc(C(N)=S)cc1. The number of carbonyl (C=O) groups is 2. The van der Waals surface area contributed by atoms with Crippen LogP contribution in [0.15, 0.2) is 24.3 Å². The van der Waals surface area contributed by atoms with Crippen LogP contribution in [0.5, 0.6) is 0 Å². The molecule has 0 saturated heterocycles. The lowest BCUT2D eigenvalue weighted by atomic mass is 10.1. The summed E-state index contributed by atoms with van der Waals surface area (Å²) in [6, 6.07) is 6.76. The lowest BCUT2D eigenvalue weighted by Crippen LogP contribution is -2.40. The van der Waals surface area contributed by atoms with Gasteiger partial charge in [0.2, 0.25) is 5.91 Å². The molecule has 0 aliphatic rings. The molecule has 0 bridgehead atoms. The summed E-state index contributed by atoms with van der Waals surface area (Å²) in [5.74, 6) is -0.364. The van der Waals surface area contributed by atoms with Gasteiger partial charge in [0.05, 0.1) is 6.54 Å². The standard InChI is InChI=1S/C14H19N3O2S/c1-3-8-17(9-12(18)16-2)14(19)11-6-4-10(5-7-11)13(15)20/h4-7H,3,8-9H2,1-2H3,(H2,15,20)(H,16,18). The van der Waals surface area contributed by atoms with Crippen LogP contribution in [0, 0.1) is 0 Å². The number of hydrogen-bond donors (Lipinski definition) is 2. The summed E-state index contributed by atoms with van der Waals surface area (Å²) in [5, 5.41) is 2.52. The van der Waals surface area contributed by atoms with Gasteiger partial charge in [0, 0.05) is 24.7 Å². The smallest absolute Gasteiger partial charge is 0.254 e. The molecule has 0 fully saturated rings. The van der Waals surface area contributed by atoms with Crippen molar-refractivity contribution in [1.29, 1.82) is 0 Å². The highest BCUT2D eigenvalue weighted by Gasteiger charge is 2.17. The second-order valence-corrected chi connectivity index (χ2v) is 4.78. The third-order valence-electron chi connectivity index (χ3n) is 2.81. The monoisotopic (exact) mass is 293 g/mol. The minimum Gasteiger partial charge on any atom is -0.389 e. The van der Waals surface area contributed by atoms with Crippen LogP contribution in [0.25, 0.3) is 0 Å². The molecule has 6 heteroatoms. The molecule has 0 heterocycles. The third-order valence-corrected chi connectivity index (χ3v) is 3.05. The number of nitrogens with zero attached hydrogens (tertiary/aromatic N) is 1. The number of nitrogens with two attached hydrogens (primary N) is 1. The highest BCUT2D eigenvalue weighted by atomic mass is 32.1. The van der Waals surface area contributed by atoms with Crippen LogP contribution >= 0.6 is 12.2 Å². The number of thiocarbonyl (C=S) groups is 1. The third kappa shape index (κ3) is 4.31. The number of amides is 2. The largest absolute Gasteiger partial charge is 0.389 e. The molecule has 0 unspecified atom stereocenters. The Bertz CT molecular complexity index is 500. The highest BCUT2D eigenvalue weighted by Crippen LogP contribution is 2.08. The van der Waals surface area contributed by atoms with Crippen LogP contribution in [-0.4, -0.2) is 41.8 Å². The molecule has 1 aromatic rings. The van der Waals surface area contributed by atoms with Crippen molar-refractivity contribution in [1.82, 2.24) is 10.2 Å². The second-order valence-electron chi connectivity index (χ2n) is 4.34. The molecule has 0 saturated carbocycles. The highest BCUT2D eigenvalue weighted by molar-refractivity contribution is 7.80. The minimum atomic E-state index is -0.188. The zero-order valence-electron chi connectivity index (χ0n) is 11.7. The Balaban J connectivity index is 2.88. The molecule has 3 N–H and O–H groups in total. The molecular formula is C14H19N3O2S. The van der Waals surface area contributed by atoms with Gasteiger partial charge in [-0.2, -0.15) is 0 Å². The lowest BCUT2D eigenvalue weighted by molar-refractivity contribution is -0.121. The summed E-state index contributed by atoms with van der Waals surface area (Å²) < 4.78 is 0. The van der Waals surface area contributed by atoms with Crippen LogP contribution in [0.4, 0.5) is 0 Å². The maximum Gasteiger partial charge on any atom is 0.254 e. The Morgan fingerprint density at radius 3 is 2.25 bits per heavy atom. The molecule has 0 radical (unpaired) electrons. The average Bonchev–Trinajstić information content (AvgIpc) is 2.46. The second kappa shape index (κ2) is 7.59. The number of benzene rings is 1. The van der Waals surface area contributed by atoms with Gasteiger partial charge in [-0.1, -0.05) is 31.3 Å². The van der Waals surface area contributed by atoms with E-state index >= 15 is 0 Å². The van der Waals surface area contributed by atoms with E-state index in [-0.39, 0.29) is 18.4 Å². The maximum absolute atomic E-state index is 12.3. The quantitative estimate of drug-likeness (QED) is 0.765. The van der Waals surface area contributed by atoms with Crippen LogP contribution < -0.4 is 11.1 Å². The molecule has 0 aromatic heterocycles. The summed E-state index contributed by atoms with van der Waals surface area (Å²) in [7, 11) is 1.55. The maximum atomic E-state index is 12.3. The van der Waals surface area contributed by atoms with E-state index in [1.54, 1.807) is 31.3 Å². The fourth-order valence-corrected chi connectivity index (χ4v) is 1.87. The molecule has 0 spiro atoms. The van der Waals surface area contributed by atoms with Crippen molar-refractivity contribution < 1.29 is 9.59 Å². The van der Waals surface area contributed by atoms with E-state index in [0.29, 0.717) is 22.7 Å². The predicted molar refractivity (Wildman–Crippen MR) is 82.6 cm³/mol. The van der Waals surface area contributed by atoms with Crippen molar-refractivity contribution in [2.75, 3.05) is 20.1 Å². The fourth-order valence-electron chi connectivity index (χ4n) is 1.73. The molecule has 5 nitrogen and oxygen atoms in total. The van der Waals surface area contributed by atoms with Gasteiger partial charge in [0.25, 0.3) is 5.91 Å². The molecule has 0 aliphatic heterocycles. The van der Waals surface area contributed by atoms with Crippen molar-refractivity contribution in [3.05, 3.63) is 35.4 Å². The van der Waals surface area contributed by atoms with Crippen molar-refractivity contribution >= 4 is 29.0 Å². The molecule has 1 aromatic carbocycles. The Morgan fingerprint density at radius 2 is 1.80 bits per heavy atom. The molecular weight excluding hydrogens is 274 g/mol. The van der Waals surface area contributed by atoms with Crippen molar-refractivity contribution in [2.24, 2.45) is 5.73 Å². The molecule has 0 atom stereocenters. The summed E-state index contributed by atoms with van der Waals surface area (Å²) in [6.07, 6.45) is 0.785. The van der Waals surface area contributed by atoms with E-state index in [1.807, 2.05) is 6.92 Å². The number of likely N-dealkylation sites (N-methyl/N-ethyl adjacent to an activating group) is 1. The summed E-state index contributed by atoms with van der Waals surface area (Å²) in [5.41, 5.74) is 6.74. The van der Waals surface area contributed by atoms with Crippen molar-refractivity contribution in [3.8, 4) is 0 Å². The zero-order chi connectivity index (χ0) is 15.1. The van der Waals surface area contributed by atoms with Crippen LogP contribution in [-0.2, 0) is 4.79 Å².